The van der Waals surface area contributed by atoms with Crippen LogP contribution in [0, 0.1) is 5.41 Å². The van der Waals surface area contributed by atoms with Gasteiger partial charge in [-0.1, -0.05) is 11.6 Å². The number of esters is 1. The summed E-state index contributed by atoms with van der Waals surface area (Å²) in [5.41, 5.74) is 1.22. The van der Waals surface area contributed by atoms with Crippen molar-refractivity contribution in [1.29, 1.82) is 5.41 Å². The molecule has 0 atom stereocenters. The van der Waals surface area contributed by atoms with E-state index in [1.807, 2.05) is 0 Å². The molecule has 0 aliphatic carbocycles. The Hall–Kier alpha value is -2.77. The number of phenols is 1. The number of carbonyl (C=O) groups is 2. The molecular formula is C19H15ClN2O4S. The quantitative estimate of drug-likeness (QED) is 0.588. The molecule has 1 amide bonds. The number of carbonyl (C=O) groups excluding carboxylic acids is 2. The molecule has 27 heavy (non-hydrogen) atoms. The summed E-state index contributed by atoms with van der Waals surface area (Å²) in [5, 5.41) is 18.5. The number of anilines is 1. The lowest BCUT2D eigenvalue weighted by Gasteiger charge is -2.14. The Morgan fingerprint density at radius 3 is 2.67 bits per heavy atom. The molecular weight excluding hydrogens is 388 g/mol. The number of nitrogens with zero attached hydrogens (tertiary/aromatic N) is 1. The van der Waals surface area contributed by atoms with Crippen LogP contribution in [0.4, 0.5) is 5.69 Å². The Kier molecular flexibility index (Phi) is 5.53. The minimum Gasteiger partial charge on any atom is -0.507 e. The van der Waals surface area contributed by atoms with Gasteiger partial charge < -0.3 is 9.84 Å². The maximum atomic E-state index is 12.7. The first-order chi connectivity index (χ1) is 12.9. The fraction of sp³-hybridized carbons (Fsp3) is 0.105. The molecule has 2 aromatic carbocycles. The summed E-state index contributed by atoms with van der Waals surface area (Å²) in [6, 6.07) is 10.8. The van der Waals surface area contributed by atoms with Crippen molar-refractivity contribution in [3.63, 3.8) is 0 Å². The highest BCUT2D eigenvalue weighted by molar-refractivity contribution is 8.19. The molecule has 1 fully saturated rings. The molecule has 1 saturated heterocycles. The third-order valence-corrected chi connectivity index (χ3v) is 4.86. The molecule has 1 aliphatic rings. The summed E-state index contributed by atoms with van der Waals surface area (Å²) < 4.78 is 4.93. The van der Waals surface area contributed by atoms with Crippen LogP contribution in [0.5, 0.6) is 5.75 Å². The van der Waals surface area contributed by atoms with Crippen molar-refractivity contribution in [3.8, 4) is 5.75 Å². The van der Waals surface area contributed by atoms with Crippen LogP contribution in [0.2, 0.25) is 5.02 Å². The van der Waals surface area contributed by atoms with Gasteiger partial charge in [-0.25, -0.2) is 4.79 Å². The van der Waals surface area contributed by atoms with Gasteiger partial charge in [-0.15, -0.1) is 0 Å². The molecule has 2 aromatic rings. The largest absolute Gasteiger partial charge is 0.507 e. The first-order valence-electron chi connectivity index (χ1n) is 7.99. The fourth-order valence-electron chi connectivity index (χ4n) is 2.46. The summed E-state index contributed by atoms with van der Waals surface area (Å²) in [5.74, 6) is -0.851. The zero-order chi connectivity index (χ0) is 19.6. The van der Waals surface area contributed by atoms with Gasteiger partial charge in [0.05, 0.1) is 22.8 Å². The second-order valence-corrected chi connectivity index (χ2v) is 6.99. The van der Waals surface area contributed by atoms with E-state index in [2.05, 4.69) is 0 Å². The van der Waals surface area contributed by atoms with Crippen molar-refractivity contribution in [1.82, 2.24) is 0 Å². The van der Waals surface area contributed by atoms with E-state index >= 15 is 0 Å². The van der Waals surface area contributed by atoms with Crippen LogP contribution in [-0.2, 0) is 9.53 Å². The topological polar surface area (TPSA) is 90.7 Å². The number of nitrogens with one attached hydrogen (secondary N) is 1. The van der Waals surface area contributed by atoms with Crippen LogP contribution in [-0.4, -0.2) is 28.8 Å². The number of amidine groups is 1. The van der Waals surface area contributed by atoms with Crippen molar-refractivity contribution in [3.05, 3.63) is 63.5 Å². The van der Waals surface area contributed by atoms with E-state index in [1.165, 1.54) is 23.1 Å². The fourth-order valence-corrected chi connectivity index (χ4v) is 3.50. The number of rotatable bonds is 4. The third-order valence-electron chi connectivity index (χ3n) is 3.74. The van der Waals surface area contributed by atoms with Gasteiger partial charge >= 0.3 is 5.97 Å². The zero-order valence-corrected chi connectivity index (χ0v) is 15.8. The van der Waals surface area contributed by atoms with Gasteiger partial charge in [-0.3, -0.25) is 15.1 Å². The van der Waals surface area contributed by atoms with Crippen molar-refractivity contribution in [2.75, 3.05) is 11.5 Å². The first-order valence-corrected chi connectivity index (χ1v) is 9.18. The summed E-state index contributed by atoms with van der Waals surface area (Å²) in [7, 11) is 0. The monoisotopic (exact) mass is 402 g/mol. The summed E-state index contributed by atoms with van der Waals surface area (Å²) >= 11 is 6.91. The average Bonchev–Trinajstić information content (AvgIpc) is 2.92. The molecule has 2 N–H and O–H groups in total. The highest BCUT2D eigenvalue weighted by Gasteiger charge is 2.33. The molecule has 6 nitrogen and oxygen atoms in total. The van der Waals surface area contributed by atoms with Crippen molar-refractivity contribution >= 4 is 52.2 Å². The van der Waals surface area contributed by atoms with E-state index < -0.39 is 11.9 Å². The first kappa shape index (κ1) is 19.0. The van der Waals surface area contributed by atoms with E-state index in [0.717, 1.165) is 11.8 Å². The van der Waals surface area contributed by atoms with Crippen LogP contribution >= 0.6 is 23.4 Å². The molecule has 0 aromatic heterocycles. The van der Waals surface area contributed by atoms with Gasteiger partial charge in [-0.05, 0) is 67.2 Å². The molecule has 138 valence electrons. The lowest BCUT2D eigenvalue weighted by molar-refractivity contribution is -0.113. The van der Waals surface area contributed by atoms with Gasteiger partial charge in [0.1, 0.15) is 5.75 Å². The van der Waals surface area contributed by atoms with Crippen LogP contribution in [0.3, 0.4) is 0 Å². The number of hydrogen-bond acceptors (Lipinski definition) is 6. The van der Waals surface area contributed by atoms with Crippen molar-refractivity contribution in [2.24, 2.45) is 0 Å². The number of hydrogen-bond donors (Lipinski definition) is 2. The Balaban J connectivity index is 1.87. The normalized spacial score (nSPS) is 15.5. The average molecular weight is 403 g/mol. The summed E-state index contributed by atoms with van der Waals surface area (Å²) in [6.45, 7) is 2.00. The number of phenolic OH excluding ortho intramolecular Hbond substituents is 1. The Morgan fingerprint density at radius 2 is 2.00 bits per heavy atom. The number of aromatic hydroxyl groups is 1. The van der Waals surface area contributed by atoms with E-state index in [-0.39, 0.29) is 22.4 Å². The molecule has 0 unspecified atom stereocenters. The molecule has 0 spiro atoms. The van der Waals surface area contributed by atoms with Gasteiger partial charge in [0.2, 0.25) is 0 Å². The SMILES string of the molecule is CCOC(=O)c1ccc(N2C(=N)S/C(=C\c3cc(Cl)ccc3O)C2=O)cc1. The van der Waals surface area contributed by atoms with Gasteiger partial charge in [0.25, 0.3) is 5.91 Å². The van der Waals surface area contributed by atoms with Crippen LogP contribution in [0.1, 0.15) is 22.8 Å². The van der Waals surface area contributed by atoms with Crippen molar-refractivity contribution < 1.29 is 19.4 Å². The molecule has 1 heterocycles. The lowest BCUT2D eigenvalue weighted by atomic mass is 10.1. The number of amides is 1. The zero-order valence-electron chi connectivity index (χ0n) is 14.2. The second-order valence-electron chi connectivity index (χ2n) is 5.53. The van der Waals surface area contributed by atoms with Gasteiger partial charge in [-0.2, -0.15) is 0 Å². The number of benzene rings is 2. The number of ether oxygens (including phenoxy) is 1. The third kappa shape index (κ3) is 3.99. The maximum absolute atomic E-state index is 12.7. The van der Waals surface area contributed by atoms with E-state index in [9.17, 15) is 14.7 Å². The van der Waals surface area contributed by atoms with Crippen LogP contribution in [0.15, 0.2) is 47.4 Å². The number of halogens is 1. The Labute approximate surface area is 164 Å². The Morgan fingerprint density at radius 1 is 1.30 bits per heavy atom. The van der Waals surface area contributed by atoms with E-state index in [1.54, 1.807) is 37.3 Å². The number of thioether (sulfide) groups is 1. The molecule has 1 aliphatic heterocycles. The molecule has 0 bridgehead atoms. The molecule has 0 radical (unpaired) electrons. The minimum absolute atomic E-state index is 0.0101. The van der Waals surface area contributed by atoms with Crippen molar-refractivity contribution in [2.45, 2.75) is 6.92 Å². The lowest BCUT2D eigenvalue weighted by Crippen LogP contribution is -2.28. The Bertz CT molecular complexity index is 957. The van der Waals surface area contributed by atoms with E-state index in [0.29, 0.717) is 21.8 Å². The van der Waals surface area contributed by atoms with Gasteiger partial charge in [0, 0.05) is 10.6 Å². The smallest absolute Gasteiger partial charge is 0.338 e. The molecule has 3 rings (SSSR count). The predicted molar refractivity (Wildman–Crippen MR) is 106 cm³/mol. The van der Waals surface area contributed by atoms with Gasteiger partial charge in [0.15, 0.2) is 5.17 Å². The van der Waals surface area contributed by atoms with Crippen LogP contribution < -0.4 is 4.90 Å². The second kappa shape index (κ2) is 7.85. The standard InChI is InChI=1S/C19H15ClN2O4S/c1-2-26-18(25)11-3-6-14(7-4-11)22-17(24)16(27-19(22)21)10-12-9-13(20)5-8-15(12)23/h3-10,21,23H,2H2,1H3/b16-10-,21-19?. The summed E-state index contributed by atoms with van der Waals surface area (Å²) in [6.07, 6.45) is 1.50. The maximum Gasteiger partial charge on any atom is 0.338 e. The molecule has 0 saturated carbocycles. The minimum atomic E-state index is -0.446. The molecule has 8 heteroatoms. The highest BCUT2D eigenvalue weighted by atomic mass is 35.5. The summed E-state index contributed by atoms with van der Waals surface area (Å²) in [4.78, 5) is 26.0. The predicted octanol–water partition coefficient (Wildman–Crippen LogP) is 4.28. The van der Waals surface area contributed by atoms with E-state index in [4.69, 9.17) is 21.7 Å². The highest BCUT2D eigenvalue weighted by Crippen LogP contribution is 2.36. The van der Waals surface area contributed by atoms with Crippen LogP contribution in [0.25, 0.3) is 6.08 Å².